The Morgan fingerprint density at radius 1 is 0.786 bits per heavy atom. The van der Waals surface area contributed by atoms with Gasteiger partial charge in [-0.25, -0.2) is 0 Å². The van der Waals surface area contributed by atoms with Gasteiger partial charge in [0.1, 0.15) is 0 Å². The lowest BCUT2D eigenvalue weighted by molar-refractivity contribution is -0.675. The number of nitrogens with zero attached hydrogens (tertiary/aromatic N) is 1. The summed E-state index contributed by atoms with van der Waals surface area (Å²) in [6.07, 6.45) is 1.08. The fraction of sp³-hybridized carbons (Fsp3) is 0.222. The number of benzene rings is 3. The first-order valence-corrected chi connectivity index (χ1v) is 10.2. The molecule has 0 saturated heterocycles. The normalized spacial score (nSPS) is 13.2. The van der Waals surface area contributed by atoms with Crippen LogP contribution in [0.5, 0.6) is 0 Å². The lowest BCUT2D eigenvalue weighted by Crippen LogP contribution is -2.42. The molecule has 0 radical (unpaired) electrons. The van der Waals surface area contributed by atoms with E-state index in [4.69, 9.17) is 0 Å². The molecule has 1 nitrogen and oxygen atoms in total. The molecular formula is C27H26N+. The van der Waals surface area contributed by atoms with Crippen LogP contribution in [0.15, 0.2) is 78.9 Å². The third-order valence-electron chi connectivity index (χ3n) is 5.99. The molecule has 28 heavy (non-hydrogen) atoms. The van der Waals surface area contributed by atoms with Crippen molar-refractivity contribution in [2.45, 2.75) is 39.2 Å². The largest absolute Gasteiger partial charge is 0.221 e. The third-order valence-corrected chi connectivity index (χ3v) is 5.99. The van der Waals surface area contributed by atoms with Gasteiger partial charge in [0.25, 0.3) is 0 Å². The van der Waals surface area contributed by atoms with E-state index < -0.39 is 0 Å². The van der Waals surface area contributed by atoms with Crippen molar-refractivity contribution < 1.29 is 4.57 Å². The Bertz CT molecular complexity index is 1180. The molecule has 0 amide bonds. The van der Waals surface area contributed by atoms with Gasteiger partial charge in [-0.2, -0.15) is 4.57 Å². The van der Waals surface area contributed by atoms with Crippen LogP contribution in [-0.2, 0) is 18.4 Å². The maximum atomic E-state index is 2.52. The molecule has 0 fully saturated rings. The summed E-state index contributed by atoms with van der Waals surface area (Å²) in [4.78, 5) is 0. The molecule has 1 aromatic heterocycles. The molecule has 0 bridgehead atoms. The topological polar surface area (TPSA) is 3.88 Å². The summed E-state index contributed by atoms with van der Waals surface area (Å²) in [6.45, 7) is 7.83. The number of hydrogen-bond donors (Lipinski definition) is 0. The summed E-state index contributed by atoms with van der Waals surface area (Å²) < 4.78 is 2.52. The zero-order valence-corrected chi connectivity index (χ0v) is 16.9. The Kier molecular flexibility index (Phi) is 3.87. The minimum absolute atomic E-state index is 0.174. The first kappa shape index (κ1) is 17.2. The van der Waals surface area contributed by atoms with Gasteiger partial charge < -0.3 is 0 Å². The van der Waals surface area contributed by atoms with E-state index in [1.165, 1.54) is 44.4 Å². The zero-order chi connectivity index (χ0) is 19.3. The van der Waals surface area contributed by atoms with Crippen molar-refractivity contribution in [3.05, 3.63) is 90.0 Å². The quantitative estimate of drug-likeness (QED) is 0.348. The van der Waals surface area contributed by atoms with Crippen molar-refractivity contribution in [3.8, 4) is 22.5 Å². The van der Waals surface area contributed by atoms with Crippen molar-refractivity contribution in [1.82, 2.24) is 0 Å². The Morgan fingerprint density at radius 2 is 1.50 bits per heavy atom. The molecule has 138 valence electrons. The number of fused-ring (bicyclic) bond motifs is 5. The highest BCUT2D eigenvalue weighted by Gasteiger charge is 2.29. The maximum absolute atomic E-state index is 2.52. The van der Waals surface area contributed by atoms with Crippen LogP contribution >= 0.6 is 0 Å². The summed E-state index contributed by atoms with van der Waals surface area (Å²) in [7, 11) is 0. The number of aryl methyl sites for hydroxylation is 1. The smallest absolute Gasteiger partial charge is 0.190 e. The minimum atomic E-state index is 0.174. The van der Waals surface area contributed by atoms with Crippen LogP contribution in [0.4, 0.5) is 0 Å². The molecule has 0 aliphatic carbocycles. The van der Waals surface area contributed by atoms with Gasteiger partial charge in [0.05, 0.1) is 10.9 Å². The molecule has 0 spiro atoms. The molecule has 1 heteroatoms. The summed E-state index contributed by atoms with van der Waals surface area (Å²) in [6, 6.07) is 29.2. The Morgan fingerprint density at radius 3 is 2.29 bits per heavy atom. The Labute approximate surface area is 167 Å². The molecule has 0 saturated carbocycles. The fourth-order valence-corrected chi connectivity index (χ4v) is 4.43. The van der Waals surface area contributed by atoms with E-state index >= 15 is 0 Å². The Hall–Kier alpha value is -2.93. The van der Waals surface area contributed by atoms with Crippen LogP contribution in [0.25, 0.3) is 33.3 Å². The Balaban J connectivity index is 1.78. The van der Waals surface area contributed by atoms with Gasteiger partial charge in [0.2, 0.25) is 11.4 Å². The number of rotatable bonds is 1. The summed E-state index contributed by atoms with van der Waals surface area (Å²) in [5.41, 5.74) is 8.33. The molecule has 0 N–H and O–H groups in total. The highest BCUT2D eigenvalue weighted by molar-refractivity contribution is 5.95. The predicted molar refractivity (Wildman–Crippen MR) is 117 cm³/mol. The van der Waals surface area contributed by atoms with E-state index in [9.17, 15) is 0 Å². The van der Waals surface area contributed by atoms with Gasteiger partial charge in [0.15, 0.2) is 6.54 Å². The van der Waals surface area contributed by atoms with E-state index in [0.717, 1.165) is 13.0 Å². The lowest BCUT2D eigenvalue weighted by Gasteiger charge is -2.20. The molecule has 2 heterocycles. The first-order valence-electron chi connectivity index (χ1n) is 10.2. The van der Waals surface area contributed by atoms with E-state index in [2.05, 4.69) is 104 Å². The van der Waals surface area contributed by atoms with Crippen LogP contribution < -0.4 is 4.57 Å². The predicted octanol–water partition coefficient (Wildman–Crippen LogP) is 6.31. The van der Waals surface area contributed by atoms with Gasteiger partial charge in [-0.15, -0.1) is 0 Å². The van der Waals surface area contributed by atoms with E-state index in [0.29, 0.717) is 0 Å². The van der Waals surface area contributed by atoms with Crippen LogP contribution in [0, 0.1) is 0 Å². The maximum Gasteiger partial charge on any atom is 0.221 e. The number of hydrogen-bond acceptors (Lipinski definition) is 0. The second-order valence-electron chi connectivity index (χ2n) is 8.85. The minimum Gasteiger partial charge on any atom is -0.190 e. The lowest BCUT2D eigenvalue weighted by atomic mass is 9.86. The summed E-state index contributed by atoms with van der Waals surface area (Å²) in [5, 5.41) is 2.64. The molecule has 3 aromatic carbocycles. The highest BCUT2D eigenvalue weighted by Crippen LogP contribution is 2.34. The molecule has 5 rings (SSSR count). The molecule has 0 atom stereocenters. The van der Waals surface area contributed by atoms with Crippen molar-refractivity contribution in [2.75, 3.05) is 0 Å². The van der Waals surface area contributed by atoms with Gasteiger partial charge in [-0.05, 0) is 46.2 Å². The highest BCUT2D eigenvalue weighted by atomic mass is 15.0. The van der Waals surface area contributed by atoms with Gasteiger partial charge in [-0.1, -0.05) is 69.3 Å². The summed E-state index contributed by atoms with van der Waals surface area (Å²) >= 11 is 0. The zero-order valence-electron chi connectivity index (χ0n) is 16.9. The average molecular weight is 365 g/mol. The van der Waals surface area contributed by atoms with E-state index in [1.807, 2.05) is 0 Å². The van der Waals surface area contributed by atoms with Crippen molar-refractivity contribution in [2.24, 2.45) is 0 Å². The SMILES string of the molecule is CC(C)(C)c1ccc(-c2cc3ccccc3c3[n+]2CCc2ccccc2-3)cc1. The number of aromatic nitrogens is 1. The standard InChI is InChI=1S/C27H26N/c1-27(2,3)22-14-12-20(13-15-22)25-18-21-9-5-7-11-24(21)26-23-10-6-4-8-19(23)16-17-28(25)26/h4-15,18H,16-17H2,1-3H3/q+1. The summed E-state index contributed by atoms with van der Waals surface area (Å²) in [5.74, 6) is 0. The average Bonchev–Trinajstić information content (AvgIpc) is 2.72. The van der Waals surface area contributed by atoms with Gasteiger partial charge in [0, 0.05) is 18.1 Å². The molecular weight excluding hydrogens is 338 g/mol. The number of pyridine rings is 1. The third kappa shape index (κ3) is 2.74. The van der Waals surface area contributed by atoms with Gasteiger partial charge in [-0.3, -0.25) is 0 Å². The first-order chi connectivity index (χ1) is 13.5. The fourth-order valence-electron chi connectivity index (χ4n) is 4.43. The second-order valence-corrected chi connectivity index (χ2v) is 8.85. The van der Waals surface area contributed by atoms with Crippen molar-refractivity contribution in [3.63, 3.8) is 0 Å². The molecule has 1 aliphatic rings. The monoisotopic (exact) mass is 364 g/mol. The van der Waals surface area contributed by atoms with E-state index in [1.54, 1.807) is 0 Å². The second kappa shape index (κ2) is 6.31. The molecule has 4 aromatic rings. The van der Waals surface area contributed by atoms with Crippen LogP contribution in [0.1, 0.15) is 31.9 Å². The van der Waals surface area contributed by atoms with Crippen LogP contribution in [0.3, 0.4) is 0 Å². The van der Waals surface area contributed by atoms with Crippen molar-refractivity contribution >= 4 is 10.8 Å². The van der Waals surface area contributed by atoms with Gasteiger partial charge >= 0.3 is 0 Å². The molecule has 1 aliphatic heterocycles. The van der Waals surface area contributed by atoms with E-state index in [-0.39, 0.29) is 5.41 Å². The van der Waals surface area contributed by atoms with Crippen LogP contribution in [-0.4, -0.2) is 0 Å². The molecule has 0 unspecified atom stereocenters. The van der Waals surface area contributed by atoms with Crippen molar-refractivity contribution in [1.29, 1.82) is 0 Å². The van der Waals surface area contributed by atoms with Crippen LogP contribution in [0.2, 0.25) is 0 Å².